The van der Waals surface area contributed by atoms with Gasteiger partial charge in [-0.15, -0.1) is 11.8 Å². The fourth-order valence-electron chi connectivity index (χ4n) is 4.18. The quantitative estimate of drug-likeness (QED) is 0.645. The van der Waals surface area contributed by atoms with Crippen LogP contribution in [0.4, 0.5) is 4.39 Å². The first kappa shape index (κ1) is 22.6. The van der Waals surface area contributed by atoms with Crippen molar-refractivity contribution < 1.29 is 23.6 Å². The molecule has 1 saturated heterocycles. The van der Waals surface area contributed by atoms with E-state index in [1.54, 1.807) is 36.5 Å². The van der Waals surface area contributed by atoms with Gasteiger partial charge in [0.15, 0.2) is 0 Å². The van der Waals surface area contributed by atoms with E-state index in [9.17, 15) is 14.0 Å². The molecule has 0 aromatic carbocycles. The number of carbonyl (C=O) groups is 2. The minimum Gasteiger partial charge on any atom is -0.496 e. The number of carbonyl (C=O) groups excluding carboxylic acids is 2. The molecule has 3 atom stereocenters. The number of alkyl halides is 1. The third-order valence-electron chi connectivity index (χ3n) is 5.81. The zero-order valence-corrected chi connectivity index (χ0v) is 19.0. The van der Waals surface area contributed by atoms with Gasteiger partial charge in [0, 0.05) is 56.6 Å². The summed E-state index contributed by atoms with van der Waals surface area (Å²) in [6, 6.07) is 3.19. The molecule has 4 rings (SSSR count). The third kappa shape index (κ3) is 4.74. The Morgan fingerprint density at radius 1 is 1.34 bits per heavy atom. The van der Waals surface area contributed by atoms with Gasteiger partial charge in [-0.1, -0.05) is 12.1 Å². The summed E-state index contributed by atoms with van der Waals surface area (Å²) < 4.78 is 20.0. The summed E-state index contributed by atoms with van der Waals surface area (Å²) in [7, 11) is 1.68. The van der Waals surface area contributed by atoms with Crippen molar-refractivity contribution >= 4 is 29.3 Å². The van der Waals surface area contributed by atoms with Crippen LogP contribution in [0.5, 0.6) is 0 Å². The molecule has 1 fully saturated rings. The van der Waals surface area contributed by atoms with Crippen LogP contribution in [-0.2, 0) is 19.2 Å². The van der Waals surface area contributed by atoms with Gasteiger partial charge in [-0.05, 0) is 12.1 Å². The van der Waals surface area contributed by atoms with Crippen molar-refractivity contribution in [2.75, 3.05) is 32.5 Å². The number of pyridine rings is 1. The summed E-state index contributed by atoms with van der Waals surface area (Å²) in [6.07, 6.45) is 2.53. The number of rotatable bonds is 6. The molecular formula is C22H27FN4O4S. The molecule has 3 aliphatic heterocycles. The Morgan fingerprint density at radius 3 is 2.88 bits per heavy atom. The van der Waals surface area contributed by atoms with E-state index < -0.39 is 18.3 Å². The molecule has 0 N–H and O–H groups in total. The molecule has 0 radical (unpaired) electrons. The zero-order valence-electron chi connectivity index (χ0n) is 18.2. The van der Waals surface area contributed by atoms with E-state index in [4.69, 9.17) is 9.57 Å². The lowest BCUT2D eigenvalue weighted by atomic mass is 10.1. The number of amides is 2. The lowest BCUT2D eigenvalue weighted by Gasteiger charge is -2.30. The Bertz CT molecular complexity index is 926. The van der Waals surface area contributed by atoms with E-state index in [-0.39, 0.29) is 31.3 Å². The van der Waals surface area contributed by atoms with Crippen molar-refractivity contribution in [1.82, 2.24) is 14.8 Å². The second-order valence-electron chi connectivity index (χ2n) is 8.04. The average Bonchev–Trinajstić information content (AvgIpc) is 3.45. The van der Waals surface area contributed by atoms with Crippen LogP contribution in [0.25, 0.3) is 0 Å². The fourth-order valence-corrected chi connectivity index (χ4v) is 5.20. The summed E-state index contributed by atoms with van der Waals surface area (Å²) in [5.41, 5.74) is 1.51. The largest absolute Gasteiger partial charge is 0.496 e. The van der Waals surface area contributed by atoms with Gasteiger partial charge in [0.25, 0.3) is 11.8 Å². The second kappa shape index (κ2) is 9.89. The number of oxime groups is 1. The van der Waals surface area contributed by atoms with Crippen LogP contribution in [0, 0.1) is 0 Å². The van der Waals surface area contributed by atoms with Crippen molar-refractivity contribution in [3.63, 3.8) is 0 Å². The van der Waals surface area contributed by atoms with Crippen LogP contribution >= 0.6 is 11.8 Å². The first-order chi connectivity index (χ1) is 15.5. The summed E-state index contributed by atoms with van der Waals surface area (Å²) in [5, 5.41) is 4.05. The number of hydrogen-bond donors (Lipinski definition) is 0. The second-order valence-corrected chi connectivity index (χ2v) is 9.14. The Hall–Kier alpha value is -2.62. The maximum Gasteiger partial charge on any atom is 0.267 e. The van der Waals surface area contributed by atoms with Gasteiger partial charge in [-0.3, -0.25) is 14.6 Å². The number of likely N-dealkylation sites (tertiary alicyclic amines) is 1. The van der Waals surface area contributed by atoms with Crippen LogP contribution in [0.2, 0.25) is 0 Å². The standard InChI is InChI=1S/C22H27FN4O4S/c1-3-18-20(32-9-8-30-18)22(29)26(2)13-16-10-15(23)12-27(16)21(28)19-11-17(25-31-19)14-4-6-24-7-5-14/h4-7,15-16,19H,3,8-13H2,1-2H3/t15-,16-,19?/m0/s1. The highest BCUT2D eigenvalue weighted by Gasteiger charge is 2.42. The Balaban J connectivity index is 1.40. The molecule has 4 heterocycles. The third-order valence-corrected chi connectivity index (χ3v) is 6.87. The van der Waals surface area contributed by atoms with Crippen LogP contribution in [0.15, 0.2) is 40.3 Å². The summed E-state index contributed by atoms with van der Waals surface area (Å²) in [5.74, 6) is 0.966. The predicted octanol–water partition coefficient (Wildman–Crippen LogP) is 2.36. The molecule has 2 amide bonds. The highest BCUT2D eigenvalue weighted by atomic mass is 32.2. The maximum atomic E-state index is 14.3. The fraction of sp³-hybridized carbons (Fsp3) is 0.545. The van der Waals surface area contributed by atoms with E-state index in [1.807, 2.05) is 6.92 Å². The Labute approximate surface area is 190 Å². The van der Waals surface area contributed by atoms with E-state index in [2.05, 4.69) is 10.1 Å². The normalized spacial score (nSPS) is 25.3. The van der Waals surface area contributed by atoms with Gasteiger partial charge in [-0.2, -0.15) is 0 Å². The first-order valence-electron chi connectivity index (χ1n) is 10.8. The van der Waals surface area contributed by atoms with E-state index in [0.29, 0.717) is 35.8 Å². The molecule has 1 aromatic rings. The molecule has 32 heavy (non-hydrogen) atoms. The molecule has 0 saturated carbocycles. The van der Waals surface area contributed by atoms with Crippen LogP contribution in [-0.4, -0.2) is 83.1 Å². The van der Waals surface area contributed by atoms with Crippen molar-refractivity contribution in [3.05, 3.63) is 40.8 Å². The highest BCUT2D eigenvalue weighted by molar-refractivity contribution is 8.04. The van der Waals surface area contributed by atoms with Crippen LogP contribution in [0.1, 0.15) is 31.7 Å². The minimum atomic E-state index is -1.13. The SMILES string of the molecule is CCC1=C(C(=O)N(C)C[C@@H]2C[C@H](F)CN2C(=O)C2CC(c3ccncc3)=NO2)SCCO1. The van der Waals surface area contributed by atoms with Gasteiger partial charge >= 0.3 is 0 Å². The van der Waals surface area contributed by atoms with Gasteiger partial charge < -0.3 is 19.4 Å². The zero-order chi connectivity index (χ0) is 22.7. The van der Waals surface area contributed by atoms with E-state index >= 15 is 0 Å². The van der Waals surface area contributed by atoms with Crippen molar-refractivity contribution in [2.45, 2.75) is 44.5 Å². The molecule has 0 spiro atoms. The van der Waals surface area contributed by atoms with Crippen molar-refractivity contribution in [1.29, 1.82) is 0 Å². The van der Waals surface area contributed by atoms with Crippen molar-refractivity contribution in [2.24, 2.45) is 5.16 Å². The number of hydrogen-bond acceptors (Lipinski definition) is 7. The molecule has 10 heteroatoms. The Kier molecular flexibility index (Phi) is 6.98. The summed E-state index contributed by atoms with van der Waals surface area (Å²) in [6.45, 7) is 2.78. The minimum absolute atomic E-state index is 0.00323. The number of halogens is 1. The number of allylic oxidation sites excluding steroid dienone is 1. The highest BCUT2D eigenvalue weighted by Crippen LogP contribution is 2.30. The number of nitrogens with zero attached hydrogens (tertiary/aromatic N) is 4. The number of likely N-dealkylation sites (N-methyl/N-ethyl adjacent to an activating group) is 1. The summed E-state index contributed by atoms with van der Waals surface area (Å²) >= 11 is 1.49. The topological polar surface area (TPSA) is 84.3 Å². The molecular weight excluding hydrogens is 435 g/mol. The van der Waals surface area contributed by atoms with Crippen molar-refractivity contribution in [3.8, 4) is 0 Å². The summed E-state index contributed by atoms with van der Waals surface area (Å²) in [4.78, 5) is 39.2. The number of aromatic nitrogens is 1. The molecule has 172 valence electrons. The molecule has 3 aliphatic rings. The van der Waals surface area contributed by atoms with Gasteiger partial charge in [0.05, 0.1) is 24.9 Å². The maximum absolute atomic E-state index is 14.3. The predicted molar refractivity (Wildman–Crippen MR) is 119 cm³/mol. The average molecular weight is 463 g/mol. The lowest BCUT2D eigenvalue weighted by Crippen LogP contribution is -2.47. The van der Waals surface area contributed by atoms with Gasteiger partial charge in [0.2, 0.25) is 6.10 Å². The first-order valence-corrected chi connectivity index (χ1v) is 11.8. The molecule has 8 nitrogen and oxygen atoms in total. The van der Waals surface area contributed by atoms with E-state index in [0.717, 1.165) is 11.3 Å². The smallest absolute Gasteiger partial charge is 0.267 e. The molecule has 1 aromatic heterocycles. The van der Waals surface area contributed by atoms with Crippen LogP contribution < -0.4 is 0 Å². The molecule has 1 unspecified atom stereocenters. The lowest BCUT2D eigenvalue weighted by molar-refractivity contribution is -0.144. The number of ether oxygens (including phenoxy) is 1. The monoisotopic (exact) mass is 462 g/mol. The van der Waals surface area contributed by atoms with Gasteiger partial charge in [-0.25, -0.2) is 4.39 Å². The Morgan fingerprint density at radius 2 is 2.12 bits per heavy atom. The van der Waals surface area contributed by atoms with Gasteiger partial charge in [0.1, 0.15) is 16.8 Å². The number of thioether (sulfide) groups is 1. The molecule has 0 bridgehead atoms. The molecule has 0 aliphatic carbocycles. The van der Waals surface area contributed by atoms with Crippen LogP contribution in [0.3, 0.4) is 0 Å². The van der Waals surface area contributed by atoms with E-state index in [1.165, 1.54) is 16.7 Å².